The van der Waals surface area contributed by atoms with Gasteiger partial charge in [-0.25, -0.2) is 0 Å². The molecule has 0 saturated heterocycles. The maximum atomic E-state index is 5.68. The summed E-state index contributed by atoms with van der Waals surface area (Å²) in [7, 11) is 0. The van der Waals surface area contributed by atoms with Crippen molar-refractivity contribution < 1.29 is 9.47 Å². The van der Waals surface area contributed by atoms with Crippen molar-refractivity contribution in [2.45, 2.75) is 38.7 Å². The van der Waals surface area contributed by atoms with Crippen molar-refractivity contribution in [3.05, 3.63) is 35.9 Å². The summed E-state index contributed by atoms with van der Waals surface area (Å²) >= 11 is 0. The van der Waals surface area contributed by atoms with Gasteiger partial charge in [-0.05, 0) is 30.4 Å². The van der Waals surface area contributed by atoms with Crippen molar-refractivity contribution in [3.8, 4) is 0 Å². The summed E-state index contributed by atoms with van der Waals surface area (Å²) < 4.78 is 11.3. The molecule has 0 bridgehead atoms. The summed E-state index contributed by atoms with van der Waals surface area (Å²) in [6, 6.07) is 10.9. The normalized spacial score (nSPS) is 16.9. The minimum Gasteiger partial charge on any atom is -0.379 e. The zero-order valence-electron chi connectivity index (χ0n) is 11.1. The van der Waals surface area contributed by atoms with Crippen LogP contribution in [0.5, 0.6) is 0 Å². The van der Waals surface area contributed by atoms with E-state index in [0.29, 0.717) is 13.2 Å². The molecule has 2 rings (SSSR count). The minimum absolute atomic E-state index is 0.668. The Hall–Kier alpha value is -0.860. The summed E-state index contributed by atoms with van der Waals surface area (Å²) in [4.78, 5) is 0. The predicted octanol–water partition coefficient (Wildman–Crippen LogP) is 3.60. The van der Waals surface area contributed by atoms with E-state index in [1.807, 2.05) is 24.3 Å². The second-order valence-electron chi connectivity index (χ2n) is 5.04. The zero-order chi connectivity index (χ0) is 12.5. The van der Waals surface area contributed by atoms with Gasteiger partial charge in [0.05, 0.1) is 19.8 Å². The van der Waals surface area contributed by atoms with Crippen LogP contribution >= 0.6 is 0 Å². The van der Waals surface area contributed by atoms with Crippen LogP contribution in [-0.4, -0.2) is 19.8 Å². The predicted molar refractivity (Wildman–Crippen MR) is 72.3 cm³/mol. The van der Waals surface area contributed by atoms with E-state index in [2.05, 4.69) is 6.07 Å². The molecule has 1 radical (unpaired) electrons. The lowest BCUT2D eigenvalue weighted by Crippen LogP contribution is -2.15. The lowest BCUT2D eigenvalue weighted by molar-refractivity contribution is 0.0223. The molecule has 0 aliphatic heterocycles. The van der Waals surface area contributed by atoms with Gasteiger partial charge >= 0.3 is 0 Å². The Morgan fingerprint density at radius 1 is 1.00 bits per heavy atom. The molecule has 2 heteroatoms. The average molecular weight is 247 g/mol. The third-order valence-corrected chi connectivity index (χ3v) is 3.51. The molecule has 2 nitrogen and oxygen atoms in total. The van der Waals surface area contributed by atoms with E-state index in [-0.39, 0.29) is 0 Å². The molecule has 1 fully saturated rings. The molecular weight excluding hydrogens is 224 g/mol. The third kappa shape index (κ3) is 5.19. The first-order valence-electron chi connectivity index (χ1n) is 7.05. The van der Waals surface area contributed by atoms with E-state index in [9.17, 15) is 0 Å². The highest BCUT2D eigenvalue weighted by molar-refractivity contribution is 5.12. The van der Waals surface area contributed by atoms with Crippen LogP contribution < -0.4 is 0 Å². The summed E-state index contributed by atoms with van der Waals surface area (Å²) in [5.74, 6) is 0.795. The number of hydrogen-bond donors (Lipinski definition) is 0. The van der Waals surface area contributed by atoms with Crippen LogP contribution in [0.1, 0.15) is 37.7 Å². The quantitative estimate of drug-likeness (QED) is 0.685. The largest absolute Gasteiger partial charge is 0.379 e. The van der Waals surface area contributed by atoms with E-state index < -0.39 is 0 Å². The van der Waals surface area contributed by atoms with Crippen LogP contribution in [0.15, 0.2) is 24.3 Å². The fraction of sp³-hybridized carbons (Fsp3) is 0.625. The van der Waals surface area contributed by atoms with Crippen LogP contribution in [0.2, 0.25) is 0 Å². The third-order valence-electron chi connectivity index (χ3n) is 3.51. The number of benzene rings is 1. The standard InChI is InChI=1S/C16H23O2/c1-3-7-15(8-4-1)13-17-11-12-18-14-16-9-5-2-6-10-16/h5-6,9-10,15H,1,3-4,7-8,11-14H2. The molecule has 18 heavy (non-hydrogen) atoms. The molecule has 1 saturated carbocycles. The van der Waals surface area contributed by atoms with E-state index in [1.54, 1.807) is 0 Å². The van der Waals surface area contributed by atoms with Crippen molar-refractivity contribution >= 4 is 0 Å². The molecule has 99 valence electrons. The van der Waals surface area contributed by atoms with Crippen LogP contribution in [-0.2, 0) is 16.1 Å². The Morgan fingerprint density at radius 3 is 2.50 bits per heavy atom. The Labute approximate surface area is 110 Å². The first kappa shape index (κ1) is 13.6. The van der Waals surface area contributed by atoms with Crippen molar-refractivity contribution in [1.82, 2.24) is 0 Å². The second kappa shape index (κ2) is 8.28. The van der Waals surface area contributed by atoms with Crippen LogP contribution in [0.3, 0.4) is 0 Å². The van der Waals surface area contributed by atoms with Gasteiger partial charge in [0.15, 0.2) is 0 Å². The topological polar surface area (TPSA) is 18.5 Å². The summed E-state index contributed by atoms with van der Waals surface area (Å²) in [5.41, 5.74) is 1.20. The molecule has 0 heterocycles. The minimum atomic E-state index is 0.668. The molecule has 0 N–H and O–H groups in total. The van der Waals surface area contributed by atoms with Crippen molar-refractivity contribution in [2.24, 2.45) is 5.92 Å². The van der Waals surface area contributed by atoms with Gasteiger partial charge in [-0.2, -0.15) is 0 Å². The Balaban J connectivity index is 1.46. The molecule has 0 unspecified atom stereocenters. The van der Waals surface area contributed by atoms with Gasteiger partial charge in [0.25, 0.3) is 0 Å². The Kier molecular flexibility index (Phi) is 6.24. The lowest BCUT2D eigenvalue weighted by Gasteiger charge is -2.21. The van der Waals surface area contributed by atoms with Gasteiger partial charge in [0.1, 0.15) is 0 Å². The lowest BCUT2D eigenvalue weighted by atomic mass is 9.90. The van der Waals surface area contributed by atoms with E-state index in [0.717, 1.165) is 19.1 Å². The molecule has 0 aromatic heterocycles. The molecule has 0 amide bonds. The zero-order valence-corrected chi connectivity index (χ0v) is 11.1. The fourth-order valence-corrected chi connectivity index (χ4v) is 2.43. The molecular formula is C16H23O2. The molecule has 1 aliphatic rings. The van der Waals surface area contributed by atoms with Gasteiger partial charge in [-0.1, -0.05) is 43.5 Å². The number of ether oxygens (including phenoxy) is 2. The molecule has 1 aromatic carbocycles. The van der Waals surface area contributed by atoms with Crippen LogP contribution in [0.25, 0.3) is 0 Å². The molecule has 1 aromatic rings. The molecule has 1 aliphatic carbocycles. The van der Waals surface area contributed by atoms with Crippen molar-refractivity contribution in [1.29, 1.82) is 0 Å². The first-order valence-corrected chi connectivity index (χ1v) is 7.05. The van der Waals surface area contributed by atoms with Crippen LogP contribution in [0, 0.1) is 12.0 Å². The Morgan fingerprint density at radius 2 is 1.72 bits per heavy atom. The van der Waals surface area contributed by atoms with Gasteiger partial charge in [0.2, 0.25) is 0 Å². The monoisotopic (exact) mass is 247 g/mol. The van der Waals surface area contributed by atoms with Gasteiger partial charge in [-0.3, -0.25) is 0 Å². The van der Waals surface area contributed by atoms with Crippen molar-refractivity contribution in [2.75, 3.05) is 19.8 Å². The van der Waals surface area contributed by atoms with E-state index >= 15 is 0 Å². The van der Waals surface area contributed by atoms with Crippen LogP contribution in [0.4, 0.5) is 0 Å². The fourth-order valence-electron chi connectivity index (χ4n) is 2.43. The van der Waals surface area contributed by atoms with E-state index in [1.165, 1.54) is 37.7 Å². The maximum absolute atomic E-state index is 5.68. The highest BCUT2D eigenvalue weighted by atomic mass is 16.5. The second-order valence-corrected chi connectivity index (χ2v) is 5.04. The molecule has 0 spiro atoms. The number of hydrogen-bond acceptors (Lipinski definition) is 2. The highest BCUT2D eigenvalue weighted by Gasteiger charge is 2.12. The Bertz CT molecular complexity index is 304. The smallest absolute Gasteiger partial charge is 0.0718 e. The van der Waals surface area contributed by atoms with Crippen molar-refractivity contribution in [3.63, 3.8) is 0 Å². The summed E-state index contributed by atoms with van der Waals surface area (Å²) in [6.45, 7) is 2.99. The maximum Gasteiger partial charge on any atom is 0.0718 e. The summed E-state index contributed by atoms with van der Waals surface area (Å²) in [5, 5.41) is 0. The molecule has 0 atom stereocenters. The van der Waals surface area contributed by atoms with Gasteiger partial charge < -0.3 is 9.47 Å². The van der Waals surface area contributed by atoms with E-state index in [4.69, 9.17) is 9.47 Å². The first-order chi connectivity index (χ1) is 8.95. The van der Waals surface area contributed by atoms with Gasteiger partial charge in [0, 0.05) is 6.61 Å². The van der Waals surface area contributed by atoms with Gasteiger partial charge in [-0.15, -0.1) is 0 Å². The highest BCUT2D eigenvalue weighted by Crippen LogP contribution is 2.23. The SMILES string of the molecule is [c]1ccc(COCCOCC2CCCCC2)cc1. The number of rotatable bonds is 7. The summed E-state index contributed by atoms with van der Waals surface area (Å²) in [6.07, 6.45) is 6.88. The average Bonchev–Trinajstić information content (AvgIpc) is 2.45.